The molecular formula is C35H42ClN3O5. The summed E-state index contributed by atoms with van der Waals surface area (Å²) in [5.74, 6) is -2.47. The fourth-order valence-electron chi connectivity index (χ4n) is 7.67. The van der Waals surface area contributed by atoms with Crippen LogP contribution in [0.2, 0.25) is 5.02 Å². The van der Waals surface area contributed by atoms with Crippen LogP contribution in [-0.4, -0.2) is 76.1 Å². The van der Waals surface area contributed by atoms with Crippen LogP contribution in [0, 0.1) is 17.8 Å². The molecule has 2 aromatic carbocycles. The van der Waals surface area contributed by atoms with Gasteiger partial charge in [0.05, 0.1) is 28.1 Å². The number of unbranched alkanes of at least 4 members (excludes halogenated alkanes) is 1. The number of rotatable bonds is 13. The lowest BCUT2D eigenvalue weighted by molar-refractivity contribution is -0.151. The second-order valence-corrected chi connectivity index (χ2v) is 12.8. The first-order chi connectivity index (χ1) is 21.1. The third-order valence-corrected chi connectivity index (χ3v) is 10.0. The summed E-state index contributed by atoms with van der Waals surface area (Å²) in [6, 6.07) is 15.8. The second-order valence-electron chi connectivity index (χ2n) is 12.3. The molecule has 2 aromatic rings. The van der Waals surface area contributed by atoms with E-state index >= 15 is 0 Å². The minimum Gasteiger partial charge on any atom is -0.396 e. The maximum absolute atomic E-state index is 14.8. The molecule has 3 heterocycles. The van der Waals surface area contributed by atoms with Crippen LogP contribution in [0.5, 0.6) is 0 Å². The summed E-state index contributed by atoms with van der Waals surface area (Å²) < 4.78 is 6.94. The molecule has 5 rings (SSSR count). The molecule has 0 aliphatic carbocycles. The highest BCUT2D eigenvalue weighted by Crippen LogP contribution is 2.65. The van der Waals surface area contributed by atoms with Gasteiger partial charge >= 0.3 is 0 Å². The van der Waals surface area contributed by atoms with Gasteiger partial charge < -0.3 is 24.5 Å². The van der Waals surface area contributed by atoms with Gasteiger partial charge in [0.1, 0.15) is 11.6 Å². The zero-order chi connectivity index (χ0) is 31.6. The molecular weight excluding hydrogens is 578 g/mol. The highest BCUT2D eigenvalue weighted by Gasteiger charge is 2.80. The zero-order valence-electron chi connectivity index (χ0n) is 25.5. The number of hydrogen-bond acceptors (Lipinski definition) is 5. The Labute approximate surface area is 264 Å². The number of anilines is 1. The number of para-hydroxylation sites is 1. The second kappa shape index (κ2) is 12.9. The fourth-order valence-corrected chi connectivity index (χ4v) is 7.91. The van der Waals surface area contributed by atoms with Crippen molar-refractivity contribution in [3.05, 3.63) is 90.5 Å². The average Bonchev–Trinajstić information content (AvgIpc) is 3.52. The van der Waals surface area contributed by atoms with Crippen LogP contribution in [0.15, 0.2) is 79.9 Å². The molecule has 9 heteroatoms. The Bertz CT molecular complexity index is 1420. The maximum atomic E-state index is 14.8. The molecule has 3 aliphatic heterocycles. The van der Waals surface area contributed by atoms with E-state index in [1.165, 1.54) is 0 Å². The predicted molar refractivity (Wildman–Crippen MR) is 171 cm³/mol. The van der Waals surface area contributed by atoms with Crippen molar-refractivity contribution < 1.29 is 24.2 Å². The van der Waals surface area contributed by atoms with E-state index in [4.69, 9.17) is 16.3 Å². The van der Waals surface area contributed by atoms with E-state index in [1.54, 1.807) is 51.1 Å². The highest BCUT2D eigenvalue weighted by atomic mass is 35.5. The van der Waals surface area contributed by atoms with E-state index in [2.05, 4.69) is 13.2 Å². The quantitative estimate of drug-likeness (QED) is 0.256. The fraction of sp³-hybridized carbons (Fsp3) is 0.457. The van der Waals surface area contributed by atoms with Crippen molar-refractivity contribution >= 4 is 35.0 Å². The first-order valence-electron chi connectivity index (χ1n) is 15.4. The van der Waals surface area contributed by atoms with Crippen molar-refractivity contribution in [3.8, 4) is 0 Å². The molecule has 8 nitrogen and oxygen atoms in total. The Morgan fingerprint density at radius 1 is 1.07 bits per heavy atom. The molecule has 0 aromatic heterocycles. The zero-order valence-corrected chi connectivity index (χ0v) is 26.3. The van der Waals surface area contributed by atoms with E-state index < -0.39 is 29.1 Å². The summed E-state index contributed by atoms with van der Waals surface area (Å²) in [6.07, 6.45) is 4.76. The van der Waals surface area contributed by atoms with Gasteiger partial charge in [0.15, 0.2) is 0 Å². The predicted octanol–water partition coefficient (Wildman–Crippen LogP) is 4.86. The van der Waals surface area contributed by atoms with Crippen LogP contribution in [0.1, 0.15) is 38.7 Å². The van der Waals surface area contributed by atoms with E-state index in [9.17, 15) is 19.5 Å². The lowest BCUT2D eigenvalue weighted by Crippen LogP contribution is -2.57. The summed E-state index contributed by atoms with van der Waals surface area (Å²) in [5.41, 5.74) is -0.663. The lowest BCUT2D eigenvalue weighted by Gasteiger charge is -2.39. The largest absolute Gasteiger partial charge is 0.396 e. The molecule has 1 N–H and O–H groups in total. The van der Waals surface area contributed by atoms with Crippen LogP contribution in [0.25, 0.3) is 0 Å². The van der Waals surface area contributed by atoms with Gasteiger partial charge in [-0.1, -0.05) is 73.1 Å². The minimum atomic E-state index is -1.20. The summed E-state index contributed by atoms with van der Waals surface area (Å²) >= 11 is 6.58. The van der Waals surface area contributed by atoms with Crippen molar-refractivity contribution in [2.24, 2.45) is 17.8 Å². The molecule has 44 heavy (non-hydrogen) atoms. The van der Waals surface area contributed by atoms with E-state index in [0.29, 0.717) is 43.1 Å². The van der Waals surface area contributed by atoms with Crippen LogP contribution < -0.4 is 4.90 Å². The summed E-state index contributed by atoms with van der Waals surface area (Å²) in [4.78, 5) is 48.8. The number of benzene rings is 2. The monoisotopic (exact) mass is 619 g/mol. The molecule has 3 aliphatic rings. The molecule has 234 valence electrons. The number of carbonyl (C=O) groups excluding carboxylic acids is 3. The Hall–Kier alpha value is -3.46. The molecule has 0 saturated carbocycles. The lowest BCUT2D eigenvalue weighted by atomic mass is 9.62. The van der Waals surface area contributed by atoms with Crippen molar-refractivity contribution in [1.82, 2.24) is 9.80 Å². The number of halogens is 1. The molecule has 3 saturated heterocycles. The van der Waals surface area contributed by atoms with Gasteiger partial charge in [0.2, 0.25) is 11.8 Å². The molecule has 6 atom stereocenters. The molecule has 2 bridgehead atoms. The van der Waals surface area contributed by atoms with Crippen LogP contribution >= 0.6 is 11.6 Å². The third kappa shape index (κ3) is 5.27. The number of nitrogens with zero attached hydrogens (tertiary/aromatic N) is 3. The SMILES string of the molecule is C=CCN(Cc1ccccc1)C(=O)[C@@H]1[C@H]2C(=O)N(CCCCO)C(C(=O)N(CC=C)c3ccccc3Cl)C23CC(C)[C@@]1(C)O3. The first-order valence-corrected chi connectivity index (χ1v) is 15.7. The van der Waals surface area contributed by atoms with Gasteiger partial charge in [-0.2, -0.15) is 0 Å². The standard InChI is InChI=1S/C35H42ClN3O5/c1-5-18-37(23-25-14-8-7-9-15-25)31(41)28-29-32(42)39(20-12-13-21-40)30(35(29)22-24(3)34(28,4)44-35)33(43)38(19-6-2)27-17-11-10-16-26(27)36/h5-11,14-17,24,28-30,40H,1-2,12-13,18-23H2,3-4H3/t24?,28-,29-,30?,34+,35?/m0/s1. The molecule has 3 amide bonds. The summed E-state index contributed by atoms with van der Waals surface area (Å²) in [6.45, 7) is 12.8. The molecule has 1 spiro atoms. The normalized spacial score (nSPS) is 28.5. The van der Waals surface area contributed by atoms with Crippen LogP contribution in [0.4, 0.5) is 5.69 Å². The van der Waals surface area contributed by atoms with Crippen molar-refractivity contribution in [2.45, 2.75) is 56.9 Å². The van der Waals surface area contributed by atoms with E-state index in [0.717, 1.165) is 5.56 Å². The third-order valence-electron chi connectivity index (χ3n) is 9.72. The summed E-state index contributed by atoms with van der Waals surface area (Å²) in [7, 11) is 0. The number of likely N-dealkylation sites (tertiary alicyclic amines) is 1. The molecule has 3 unspecified atom stereocenters. The number of aliphatic hydroxyl groups excluding tert-OH is 1. The van der Waals surface area contributed by atoms with Crippen molar-refractivity contribution in [2.75, 3.05) is 31.1 Å². The van der Waals surface area contributed by atoms with Crippen LogP contribution in [-0.2, 0) is 25.7 Å². The first kappa shape index (κ1) is 31.9. The Morgan fingerprint density at radius 2 is 1.75 bits per heavy atom. The number of carbonyl (C=O) groups is 3. The molecule has 3 fully saturated rings. The number of ether oxygens (including phenoxy) is 1. The van der Waals surface area contributed by atoms with Crippen molar-refractivity contribution in [1.29, 1.82) is 0 Å². The van der Waals surface area contributed by atoms with Gasteiger partial charge in [-0.05, 0) is 49.8 Å². The Morgan fingerprint density at radius 3 is 2.41 bits per heavy atom. The number of hydrogen-bond donors (Lipinski definition) is 1. The average molecular weight is 620 g/mol. The number of aliphatic hydroxyl groups is 1. The number of fused-ring (bicyclic) bond motifs is 1. The Kier molecular flexibility index (Phi) is 9.35. The number of amides is 3. The van der Waals surface area contributed by atoms with Gasteiger partial charge in [-0.3, -0.25) is 14.4 Å². The van der Waals surface area contributed by atoms with Gasteiger partial charge in [-0.15, -0.1) is 13.2 Å². The molecule has 0 radical (unpaired) electrons. The van der Waals surface area contributed by atoms with Crippen molar-refractivity contribution in [3.63, 3.8) is 0 Å². The van der Waals surface area contributed by atoms with Gasteiger partial charge in [-0.25, -0.2) is 0 Å². The minimum absolute atomic E-state index is 0.0276. The smallest absolute Gasteiger partial charge is 0.253 e. The van der Waals surface area contributed by atoms with Gasteiger partial charge in [0, 0.05) is 32.8 Å². The summed E-state index contributed by atoms with van der Waals surface area (Å²) in [5, 5.41) is 9.91. The van der Waals surface area contributed by atoms with E-state index in [-0.39, 0.29) is 43.3 Å². The highest BCUT2D eigenvalue weighted by molar-refractivity contribution is 6.34. The Balaban J connectivity index is 1.59. The van der Waals surface area contributed by atoms with Gasteiger partial charge in [0.25, 0.3) is 5.91 Å². The van der Waals surface area contributed by atoms with Crippen LogP contribution in [0.3, 0.4) is 0 Å². The topological polar surface area (TPSA) is 90.4 Å². The van der Waals surface area contributed by atoms with E-state index in [1.807, 2.05) is 44.2 Å². The maximum Gasteiger partial charge on any atom is 0.253 e.